The Morgan fingerprint density at radius 2 is 0.901 bits per heavy atom. The normalized spacial score (nSPS) is 15.5. The second-order valence-corrected chi connectivity index (χ2v) is 28.7. The van der Waals surface area contributed by atoms with Crippen LogP contribution in [0.2, 0.25) is 0 Å². The number of hydrogen-bond acceptors (Lipinski definition) is 11. The van der Waals surface area contributed by atoms with Gasteiger partial charge in [-0.1, -0.05) is 105 Å². The highest BCUT2D eigenvalue weighted by Gasteiger charge is 2.39. The van der Waals surface area contributed by atoms with Crippen LogP contribution < -0.4 is 9.47 Å². The highest BCUT2D eigenvalue weighted by atomic mass is 32.2. The van der Waals surface area contributed by atoms with E-state index in [1.807, 2.05) is 24.3 Å². The first kappa shape index (κ1) is 54.0. The zero-order chi connectivity index (χ0) is 50.5. The van der Waals surface area contributed by atoms with E-state index >= 15 is 8.42 Å². The van der Waals surface area contributed by atoms with Gasteiger partial charge in [-0.25, -0.2) is 16.8 Å². The number of hydrogen-bond donors (Lipinski definition) is 0. The van der Waals surface area contributed by atoms with Crippen molar-refractivity contribution in [3.63, 3.8) is 0 Å². The van der Waals surface area contributed by atoms with Crippen LogP contribution in [-0.4, -0.2) is 31.1 Å². The molecule has 2 aliphatic heterocycles. The van der Waals surface area contributed by atoms with Crippen molar-refractivity contribution in [2.45, 2.75) is 170 Å². The third-order valence-corrected chi connectivity index (χ3v) is 24.2. The lowest BCUT2D eigenvalue weighted by Gasteiger charge is -2.08. The van der Waals surface area contributed by atoms with Gasteiger partial charge in [0, 0.05) is 49.8 Å². The van der Waals surface area contributed by atoms with Crippen molar-refractivity contribution >= 4 is 116 Å². The maximum absolute atomic E-state index is 15.4. The quantitative estimate of drug-likeness (QED) is 0.0478. The molecule has 0 radical (unpaired) electrons. The number of ether oxygens (including phenoxy) is 2. The molecule has 0 saturated carbocycles. The Balaban J connectivity index is 1.18. The third-order valence-electron chi connectivity index (χ3n) is 14.0. The van der Waals surface area contributed by atoms with Crippen molar-refractivity contribution in [3.05, 3.63) is 100 Å². The molecule has 0 atom stereocenters. The first-order valence-corrected chi connectivity index (χ1v) is 33.2. The number of benzene rings is 1. The van der Waals surface area contributed by atoms with Crippen LogP contribution in [0, 0.1) is 13.8 Å². The third kappa shape index (κ3) is 11.2. The first-order chi connectivity index (χ1) is 34.3. The maximum atomic E-state index is 15.4. The number of allylic oxidation sites excluding steroid dienone is 4. The van der Waals surface area contributed by atoms with Crippen LogP contribution in [0.15, 0.2) is 59.7 Å². The fourth-order valence-corrected chi connectivity index (χ4v) is 20.9. The Bertz CT molecular complexity index is 3170. The van der Waals surface area contributed by atoms with Crippen molar-refractivity contribution in [1.82, 2.24) is 0 Å². The lowest BCUT2D eigenvalue weighted by atomic mass is 10.0. The summed E-state index contributed by atoms with van der Waals surface area (Å²) in [5.41, 5.74) is 4.06. The van der Waals surface area contributed by atoms with Crippen LogP contribution in [0.4, 0.5) is 0 Å². The molecule has 6 aromatic rings. The summed E-state index contributed by atoms with van der Waals surface area (Å²) in [6.45, 7) is 13.0. The van der Waals surface area contributed by atoms with Gasteiger partial charge in [0.15, 0.2) is 0 Å². The van der Waals surface area contributed by atoms with E-state index in [1.54, 1.807) is 59.6 Å². The Morgan fingerprint density at radius 3 is 1.41 bits per heavy atom. The lowest BCUT2D eigenvalue weighted by molar-refractivity contribution is 0.419. The van der Waals surface area contributed by atoms with Gasteiger partial charge in [-0.2, -0.15) is 0 Å². The molecule has 0 unspecified atom stereocenters. The summed E-state index contributed by atoms with van der Waals surface area (Å²) in [5, 5.41) is 2.05. The van der Waals surface area contributed by atoms with E-state index in [1.165, 1.54) is 45.9 Å². The molecule has 8 rings (SSSR count). The fourth-order valence-electron chi connectivity index (χ4n) is 10.3. The maximum Gasteiger partial charge on any atom is 0.209 e. The van der Waals surface area contributed by atoms with Crippen LogP contribution >= 0.6 is 56.7 Å². The van der Waals surface area contributed by atoms with Gasteiger partial charge in [0.25, 0.3) is 0 Å². The molecular weight excluding hydrogens is 1020 g/mol. The van der Waals surface area contributed by atoms with E-state index in [9.17, 15) is 8.42 Å². The van der Waals surface area contributed by atoms with Crippen LogP contribution in [0.5, 0.6) is 11.5 Å². The molecule has 382 valence electrons. The molecule has 0 N–H and O–H groups in total. The molecule has 71 heavy (non-hydrogen) atoms. The molecule has 1 aromatic carbocycles. The Hall–Kier alpha value is -3.30. The lowest BCUT2D eigenvalue weighted by Crippen LogP contribution is -2.02. The van der Waals surface area contributed by atoms with E-state index in [4.69, 9.17) is 9.47 Å². The van der Waals surface area contributed by atoms with Crippen molar-refractivity contribution in [2.75, 3.05) is 14.2 Å². The minimum absolute atomic E-state index is 0.335. The Labute approximate surface area is 444 Å². The van der Waals surface area contributed by atoms with Crippen molar-refractivity contribution in [3.8, 4) is 21.3 Å². The number of methoxy groups -OCH3 is 2. The smallest absolute Gasteiger partial charge is 0.209 e. The molecule has 5 aromatic heterocycles. The van der Waals surface area contributed by atoms with Crippen LogP contribution in [-0.2, 0) is 32.5 Å². The second kappa shape index (κ2) is 23.9. The van der Waals surface area contributed by atoms with Crippen LogP contribution in [0.25, 0.3) is 49.5 Å². The van der Waals surface area contributed by atoms with E-state index in [-0.39, 0.29) is 0 Å². The number of aryl methyl sites for hydroxylation is 4. The number of fused-ring (bicyclic) bond motifs is 2. The molecule has 0 fully saturated rings. The summed E-state index contributed by atoms with van der Waals surface area (Å²) in [5.74, 6) is 1.69. The van der Waals surface area contributed by atoms with Gasteiger partial charge < -0.3 is 9.47 Å². The molecular formula is C58H72O6S7. The van der Waals surface area contributed by atoms with Crippen molar-refractivity contribution in [1.29, 1.82) is 0 Å². The molecule has 0 bridgehead atoms. The summed E-state index contributed by atoms with van der Waals surface area (Å²) >= 11 is 7.86. The second-order valence-electron chi connectivity index (χ2n) is 19.3. The Kier molecular flexibility index (Phi) is 18.2. The van der Waals surface area contributed by atoms with E-state index in [2.05, 4.69) is 65.8 Å². The monoisotopic (exact) mass is 1090 g/mol. The molecule has 2 aliphatic rings. The van der Waals surface area contributed by atoms with Gasteiger partial charge in [-0.05, 0) is 136 Å². The molecule has 7 heterocycles. The molecule has 0 spiro atoms. The largest absolute Gasteiger partial charge is 0.495 e. The van der Waals surface area contributed by atoms with Crippen molar-refractivity contribution < 1.29 is 26.3 Å². The summed E-state index contributed by atoms with van der Waals surface area (Å²) < 4.78 is 75.1. The number of thiophene rings is 5. The predicted octanol–water partition coefficient (Wildman–Crippen LogP) is 19.1. The summed E-state index contributed by atoms with van der Waals surface area (Å²) in [6, 6.07) is 12.4. The number of rotatable bonds is 27. The molecule has 13 heteroatoms. The zero-order valence-corrected chi connectivity index (χ0v) is 48.8. The minimum atomic E-state index is -4.00. The van der Waals surface area contributed by atoms with Gasteiger partial charge >= 0.3 is 0 Å². The predicted molar refractivity (Wildman–Crippen MR) is 313 cm³/mol. The van der Waals surface area contributed by atoms with Gasteiger partial charge in [0.05, 0.1) is 43.2 Å². The van der Waals surface area contributed by atoms with Gasteiger partial charge in [0.1, 0.15) is 11.5 Å². The van der Waals surface area contributed by atoms with Gasteiger partial charge in [-0.3, -0.25) is 0 Å². The van der Waals surface area contributed by atoms with E-state index in [0.29, 0.717) is 42.2 Å². The highest BCUT2D eigenvalue weighted by molar-refractivity contribution is 8.10. The average molecular weight is 1090 g/mol. The molecule has 0 amide bonds. The topological polar surface area (TPSA) is 86.7 Å². The SMILES string of the molecule is CCCCCCC1=C(c2ccc(C3=C(CCCCCC)C=C(c4cc(CCCCCC)c(-c5cc6c(OC)c7sc(C)cc7c(OC)c6s5)s4)S3(=O)=O)s2)S(=O)(=O)C(c2cc(CCCCCC)c(C)s2)=C1. The summed E-state index contributed by atoms with van der Waals surface area (Å²) in [7, 11) is -4.42. The van der Waals surface area contributed by atoms with Gasteiger partial charge in [0.2, 0.25) is 19.7 Å². The highest BCUT2D eigenvalue weighted by Crippen LogP contribution is 2.55. The number of unbranched alkanes of at least 4 members (excludes halogenated alkanes) is 12. The Morgan fingerprint density at radius 1 is 0.451 bits per heavy atom. The fraction of sp³-hybridized carbons (Fsp3) is 0.483. The van der Waals surface area contributed by atoms with Crippen molar-refractivity contribution in [2.24, 2.45) is 0 Å². The van der Waals surface area contributed by atoms with Gasteiger partial charge in [-0.15, -0.1) is 56.7 Å². The van der Waals surface area contributed by atoms with Crippen LogP contribution in [0.1, 0.15) is 184 Å². The molecule has 0 saturated heterocycles. The number of sulfone groups is 2. The first-order valence-electron chi connectivity index (χ1n) is 26.1. The van der Waals surface area contributed by atoms with E-state index < -0.39 is 19.7 Å². The summed E-state index contributed by atoms with van der Waals surface area (Å²) in [6.07, 6.45) is 24.2. The summed E-state index contributed by atoms with van der Waals surface area (Å²) in [4.78, 5) is 8.73. The zero-order valence-electron chi connectivity index (χ0n) is 43.1. The molecule has 0 aliphatic carbocycles. The molecule has 6 nitrogen and oxygen atoms in total. The minimum Gasteiger partial charge on any atom is -0.495 e. The van der Waals surface area contributed by atoms with Crippen LogP contribution in [0.3, 0.4) is 0 Å². The van der Waals surface area contributed by atoms with E-state index in [0.717, 1.165) is 164 Å². The average Bonchev–Trinajstić information content (AvgIpc) is 4.22. The standard InChI is InChI=1S/C58H72O6S7/c1-9-13-17-21-25-39-32-47(66-38(39)6)50-34-41(27-23-19-15-11-3)57(70(50,59)60)45-29-30-46(67-45)58-42(28-24-20-16-12-4)35-51(71(58,61)62)48-33-40(26-22-18-14-10-2)54(68-48)49-36-44-53(64-8)55-43(31-37(5)65-55)52(63-7)56(44)69-49/h29-36H,9-28H2,1-8H3.